The summed E-state index contributed by atoms with van der Waals surface area (Å²) in [5.41, 5.74) is -0.0629. The number of halogens is 3. The van der Waals surface area contributed by atoms with E-state index in [1.165, 1.54) is 0 Å². The van der Waals surface area contributed by atoms with E-state index in [-0.39, 0.29) is 18.5 Å². The summed E-state index contributed by atoms with van der Waals surface area (Å²) in [6, 6.07) is 0. The molecule has 3 nitrogen and oxygen atoms in total. The molecule has 2 rings (SSSR count). The summed E-state index contributed by atoms with van der Waals surface area (Å²) in [6.45, 7) is 5.48. The molecule has 1 amide bonds. The van der Waals surface area contributed by atoms with Crippen LogP contribution in [0.5, 0.6) is 0 Å². The van der Waals surface area contributed by atoms with Gasteiger partial charge in [-0.25, -0.2) is 0 Å². The Morgan fingerprint density at radius 2 is 1.72 bits per heavy atom. The molecule has 0 N–H and O–H groups in total. The summed E-state index contributed by atoms with van der Waals surface area (Å²) in [6.07, 6.45) is -2.20. The van der Waals surface area contributed by atoms with Gasteiger partial charge in [-0.3, -0.25) is 4.79 Å². The Kier molecular flexibility index (Phi) is 3.58. The van der Waals surface area contributed by atoms with Gasteiger partial charge in [0.05, 0.1) is 0 Å². The lowest BCUT2D eigenvalue weighted by Crippen LogP contribution is -2.44. The first-order valence-electron chi connectivity index (χ1n) is 6.45. The average Bonchev–Trinajstić information content (AvgIpc) is 2.72. The smallest absolute Gasteiger partial charge is 0.334 e. The zero-order chi connectivity index (χ0) is 13.4. The van der Waals surface area contributed by atoms with Gasteiger partial charge in [-0.2, -0.15) is 13.2 Å². The number of piperidine rings is 1. The third kappa shape index (κ3) is 2.63. The number of carbonyl (C=O) groups excluding carboxylic acids is 1. The van der Waals surface area contributed by atoms with Crippen LogP contribution in [0.1, 0.15) is 26.2 Å². The molecule has 6 heteroatoms. The Morgan fingerprint density at radius 1 is 1.17 bits per heavy atom. The Labute approximate surface area is 105 Å². The van der Waals surface area contributed by atoms with Crippen molar-refractivity contribution in [1.82, 2.24) is 9.80 Å². The molecule has 2 aliphatic heterocycles. The minimum Gasteiger partial charge on any atom is -0.334 e. The highest BCUT2D eigenvalue weighted by Crippen LogP contribution is 2.41. The number of nitrogens with zero attached hydrogens (tertiary/aromatic N) is 2. The number of amides is 1. The van der Waals surface area contributed by atoms with E-state index in [1.54, 1.807) is 0 Å². The number of rotatable bonds is 1. The number of alkyl halides is 3. The minimum atomic E-state index is -4.73. The van der Waals surface area contributed by atoms with Crippen LogP contribution >= 0.6 is 0 Å². The van der Waals surface area contributed by atoms with Crippen molar-refractivity contribution >= 4 is 5.91 Å². The van der Waals surface area contributed by atoms with E-state index in [9.17, 15) is 18.0 Å². The first-order valence-corrected chi connectivity index (χ1v) is 6.45. The number of carbonyl (C=O) groups is 1. The number of hydrogen-bond donors (Lipinski definition) is 0. The normalized spacial score (nSPS) is 24.8. The summed E-state index contributed by atoms with van der Waals surface area (Å²) in [7, 11) is 0. The monoisotopic (exact) mass is 264 g/mol. The lowest BCUT2D eigenvalue weighted by molar-refractivity contribution is -0.184. The van der Waals surface area contributed by atoms with Crippen molar-refractivity contribution < 1.29 is 18.0 Å². The van der Waals surface area contributed by atoms with Crippen LogP contribution in [-0.4, -0.2) is 54.6 Å². The van der Waals surface area contributed by atoms with Crippen molar-refractivity contribution in [3.8, 4) is 0 Å². The van der Waals surface area contributed by atoms with E-state index in [0.29, 0.717) is 6.42 Å². The maximum atomic E-state index is 12.4. The molecule has 0 aromatic carbocycles. The molecule has 1 spiro atoms. The van der Waals surface area contributed by atoms with Gasteiger partial charge in [-0.1, -0.05) is 6.92 Å². The van der Waals surface area contributed by atoms with Crippen molar-refractivity contribution in [2.45, 2.75) is 32.4 Å². The van der Waals surface area contributed by atoms with Gasteiger partial charge in [0.25, 0.3) is 0 Å². The highest BCUT2D eigenvalue weighted by molar-refractivity contribution is 5.82. The lowest BCUT2D eigenvalue weighted by atomic mass is 9.78. The number of hydrogen-bond acceptors (Lipinski definition) is 2. The van der Waals surface area contributed by atoms with Gasteiger partial charge in [0.1, 0.15) is 0 Å². The number of likely N-dealkylation sites (tertiary alicyclic amines) is 2. The molecular formula is C12H19F3N2O. The largest absolute Gasteiger partial charge is 0.471 e. The van der Waals surface area contributed by atoms with E-state index in [1.807, 2.05) is 0 Å². The maximum absolute atomic E-state index is 12.4. The van der Waals surface area contributed by atoms with E-state index >= 15 is 0 Å². The molecule has 0 aliphatic carbocycles. The zero-order valence-corrected chi connectivity index (χ0v) is 10.6. The summed E-state index contributed by atoms with van der Waals surface area (Å²) in [5.74, 6) is -1.67. The molecule has 0 saturated carbocycles. The van der Waals surface area contributed by atoms with Gasteiger partial charge < -0.3 is 9.80 Å². The highest BCUT2D eigenvalue weighted by atomic mass is 19.4. The molecule has 0 radical (unpaired) electrons. The second-order valence-corrected chi connectivity index (χ2v) is 5.41. The third-order valence-corrected chi connectivity index (χ3v) is 4.33. The third-order valence-electron chi connectivity index (χ3n) is 4.33. The van der Waals surface area contributed by atoms with Crippen LogP contribution < -0.4 is 0 Å². The summed E-state index contributed by atoms with van der Waals surface area (Å²) < 4.78 is 37.1. The van der Waals surface area contributed by atoms with E-state index in [4.69, 9.17) is 0 Å². The van der Waals surface area contributed by atoms with Crippen molar-refractivity contribution in [2.75, 3.05) is 32.7 Å². The fraction of sp³-hybridized carbons (Fsp3) is 0.917. The second-order valence-electron chi connectivity index (χ2n) is 5.41. The minimum absolute atomic E-state index is 0.0629. The Bertz CT molecular complexity index is 322. The van der Waals surface area contributed by atoms with E-state index in [0.717, 1.165) is 37.4 Å². The molecule has 0 atom stereocenters. The summed E-state index contributed by atoms with van der Waals surface area (Å²) in [4.78, 5) is 14.5. The van der Waals surface area contributed by atoms with Crippen LogP contribution in [0.15, 0.2) is 0 Å². The molecule has 2 fully saturated rings. The zero-order valence-electron chi connectivity index (χ0n) is 10.6. The van der Waals surface area contributed by atoms with Gasteiger partial charge in [-0.05, 0) is 44.3 Å². The van der Waals surface area contributed by atoms with Crippen molar-refractivity contribution in [3.63, 3.8) is 0 Å². The van der Waals surface area contributed by atoms with Crippen LogP contribution in [0.3, 0.4) is 0 Å². The molecule has 0 aromatic heterocycles. The predicted molar refractivity (Wildman–Crippen MR) is 61.0 cm³/mol. The average molecular weight is 264 g/mol. The summed E-state index contributed by atoms with van der Waals surface area (Å²) in [5, 5.41) is 0. The fourth-order valence-electron chi connectivity index (χ4n) is 3.04. The van der Waals surface area contributed by atoms with Crippen LogP contribution in [0, 0.1) is 5.41 Å². The SMILES string of the molecule is CCN1CCC2(CC1)CCN(C(=O)C(F)(F)F)C2. The van der Waals surface area contributed by atoms with Crippen molar-refractivity contribution in [3.05, 3.63) is 0 Å². The lowest BCUT2D eigenvalue weighted by Gasteiger charge is -2.38. The molecule has 0 unspecified atom stereocenters. The van der Waals surface area contributed by atoms with Gasteiger partial charge in [0.2, 0.25) is 0 Å². The van der Waals surface area contributed by atoms with Crippen LogP contribution in [0.2, 0.25) is 0 Å². The Morgan fingerprint density at radius 3 is 2.22 bits per heavy atom. The molecule has 2 aliphatic rings. The predicted octanol–water partition coefficient (Wildman–Crippen LogP) is 1.88. The molecule has 0 bridgehead atoms. The molecule has 104 valence electrons. The Balaban J connectivity index is 1.94. The van der Waals surface area contributed by atoms with Crippen LogP contribution in [-0.2, 0) is 4.79 Å². The van der Waals surface area contributed by atoms with E-state index < -0.39 is 12.1 Å². The van der Waals surface area contributed by atoms with Crippen molar-refractivity contribution in [1.29, 1.82) is 0 Å². The van der Waals surface area contributed by atoms with Gasteiger partial charge in [0, 0.05) is 13.1 Å². The Hall–Kier alpha value is -0.780. The second kappa shape index (κ2) is 4.72. The fourth-order valence-corrected chi connectivity index (χ4v) is 3.04. The molecule has 2 heterocycles. The first kappa shape index (κ1) is 13.6. The highest BCUT2D eigenvalue weighted by Gasteiger charge is 2.49. The topological polar surface area (TPSA) is 23.6 Å². The van der Waals surface area contributed by atoms with Gasteiger partial charge >= 0.3 is 12.1 Å². The van der Waals surface area contributed by atoms with Crippen molar-refractivity contribution in [2.24, 2.45) is 5.41 Å². The quantitative estimate of drug-likeness (QED) is 0.722. The van der Waals surface area contributed by atoms with Gasteiger partial charge in [0.15, 0.2) is 0 Å². The van der Waals surface area contributed by atoms with E-state index in [2.05, 4.69) is 11.8 Å². The van der Waals surface area contributed by atoms with Crippen LogP contribution in [0.25, 0.3) is 0 Å². The van der Waals surface area contributed by atoms with Crippen LogP contribution in [0.4, 0.5) is 13.2 Å². The maximum Gasteiger partial charge on any atom is 0.471 e. The molecule has 18 heavy (non-hydrogen) atoms. The molecule has 0 aromatic rings. The first-order chi connectivity index (χ1) is 8.36. The van der Waals surface area contributed by atoms with Gasteiger partial charge in [-0.15, -0.1) is 0 Å². The summed E-state index contributed by atoms with van der Waals surface area (Å²) >= 11 is 0. The standard InChI is InChI=1S/C12H19F3N2O/c1-2-16-6-3-11(4-7-16)5-8-17(9-11)10(18)12(13,14)15/h2-9H2,1H3. The molecular weight excluding hydrogens is 245 g/mol. The molecule has 2 saturated heterocycles.